The number of fused-ring (bicyclic) bond motifs is 1. The van der Waals surface area contributed by atoms with Crippen LogP contribution in [0.25, 0.3) is 5.65 Å². The molecular formula is C20H19N5O. The highest BCUT2D eigenvalue weighted by molar-refractivity contribution is 5.67. The molecule has 26 heavy (non-hydrogen) atoms. The fourth-order valence-electron chi connectivity index (χ4n) is 2.81. The highest BCUT2D eigenvalue weighted by atomic mass is 16.5. The van der Waals surface area contributed by atoms with Crippen molar-refractivity contribution >= 4 is 22.7 Å². The molecule has 0 spiro atoms. The van der Waals surface area contributed by atoms with Gasteiger partial charge in [0.2, 0.25) is 0 Å². The first-order chi connectivity index (χ1) is 12.6. The number of ether oxygens (including phenoxy) is 1. The summed E-state index contributed by atoms with van der Waals surface area (Å²) in [5.41, 5.74) is 11.5. The number of anilines is 3. The number of nitrogens with one attached hydrogen (secondary N) is 1. The number of pyridine rings is 1. The Balaban J connectivity index is 1.55. The van der Waals surface area contributed by atoms with Gasteiger partial charge in [-0.25, -0.2) is 9.50 Å². The fourth-order valence-corrected chi connectivity index (χ4v) is 2.81. The Hall–Kier alpha value is -3.54. The minimum absolute atomic E-state index is 0.726. The van der Waals surface area contributed by atoms with Crippen LogP contribution in [0.5, 0.6) is 11.5 Å². The van der Waals surface area contributed by atoms with Gasteiger partial charge in [0.1, 0.15) is 17.8 Å². The summed E-state index contributed by atoms with van der Waals surface area (Å²) in [5.74, 6) is 1.53. The lowest BCUT2D eigenvalue weighted by atomic mass is 10.1. The Morgan fingerprint density at radius 1 is 1.00 bits per heavy atom. The van der Waals surface area contributed by atoms with E-state index in [0.29, 0.717) is 0 Å². The van der Waals surface area contributed by atoms with Gasteiger partial charge < -0.3 is 15.8 Å². The summed E-state index contributed by atoms with van der Waals surface area (Å²) in [5, 5.41) is 7.50. The van der Waals surface area contributed by atoms with Gasteiger partial charge in [0.15, 0.2) is 5.65 Å². The van der Waals surface area contributed by atoms with Gasteiger partial charge in [0, 0.05) is 29.3 Å². The molecule has 0 unspecified atom stereocenters. The number of aryl methyl sites for hydroxylation is 2. The lowest BCUT2D eigenvalue weighted by molar-refractivity contribution is 0.478. The smallest absolute Gasteiger partial charge is 0.158 e. The monoisotopic (exact) mass is 345 g/mol. The van der Waals surface area contributed by atoms with Gasteiger partial charge in [-0.1, -0.05) is 0 Å². The van der Waals surface area contributed by atoms with Crippen LogP contribution in [0.1, 0.15) is 11.1 Å². The first-order valence-electron chi connectivity index (χ1n) is 8.29. The lowest BCUT2D eigenvalue weighted by Gasteiger charge is -2.13. The quantitative estimate of drug-likeness (QED) is 0.534. The van der Waals surface area contributed by atoms with E-state index in [4.69, 9.17) is 10.5 Å². The van der Waals surface area contributed by atoms with Crippen molar-refractivity contribution in [3.8, 4) is 11.5 Å². The molecule has 2 heterocycles. The number of aromatic nitrogens is 3. The molecular weight excluding hydrogens is 326 g/mol. The topological polar surface area (TPSA) is 77.5 Å². The van der Waals surface area contributed by atoms with Crippen LogP contribution in [0.3, 0.4) is 0 Å². The zero-order valence-corrected chi connectivity index (χ0v) is 14.6. The Morgan fingerprint density at radius 2 is 1.88 bits per heavy atom. The summed E-state index contributed by atoms with van der Waals surface area (Å²) >= 11 is 0. The molecule has 0 saturated carbocycles. The van der Waals surface area contributed by atoms with Crippen LogP contribution in [0.15, 0.2) is 61.1 Å². The molecule has 0 bridgehead atoms. The zero-order valence-electron chi connectivity index (χ0n) is 14.6. The van der Waals surface area contributed by atoms with Crippen molar-refractivity contribution in [2.45, 2.75) is 13.8 Å². The third-order valence-corrected chi connectivity index (χ3v) is 4.18. The van der Waals surface area contributed by atoms with Gasteiger partial charge in [0.05, 0.1) is 0 Å². The summed E-state index contributed by atoms with van der Waals surface area (Å²) in [4.78, 5) is 4.17. The number of rotatable bonds is 4. The molecule has 130 valence electrons. The van der Waals surface area contributed by atoms with E-state index in [1.165, 1.54) is 6.33 Å². The standard InChI is InChI=1S/C20H19N5O/c1-13-9-15(21)3-5-18(13)24-16-4-6-19(14(2)10-16)26-17-7-8-25-20(11-17)22-12-23-25/h3-12,24H,21H2,1-2H3. The maximum Gasteiger partial charge on any atom is 0.158 e. The molecule has 0 atom stereocenters. The Bertz CT molecular complexity index is 1090. The van der Waals surface area contributed by atoms with Gasteiger partial charge >= 0.3 is 0 Å². The molecule has 4 aromatic rings. The fraction of sp³-hybridized carbons (Fsp3) is 0.100. The average Bonchev–Trinajstić information content (AvgIpc) is 3.07. The number of benzene rings is 2. The van der Waals surface area contributed by atoms with Crippen molar-refractivity contribution < 1.29 is 4.74 Å². The zero-order chi connectivity index (χ0) is 18.1. The molecule has 0 saturated heterocycles. The van der Waals surface area contributed by atoms with Crippen LogP contribution >= 0.6 is 0 Å². The van der Waals surface area contributed by atoms with E-state index in [1.54, 1.807) is 4.52 Å². The van der Waals surface area contributed by atoms with Crippen molar-refractivity contribution in [3.63, 3.8) is 0 Å². The molecule has 2 aromatic heterocycles. The molecule has 0 fully saturated rings. The van der Waals surface area contributed by atoms with E-state index in [9.17, 15) is 0 Å². The van der Waals surface area contributed by atoms with Crippen molar-refractivity contribution in [1.82, 2.24) is 14.6 Å². The average molecular weight is 345 g/mol. The summed E-state index contributed by atoms with van der Waals surface area (Å²) < 4.78 is 7.70. The van der Waals surface area contributed by atoms with Crippen LogP contribution in [0.4, 0.5) is 17.1 Å². The molecule has 0 radical (unpaired) electrons. The van der Waals surface area contributed by atoms with E-state index >= 15 is 0 Å². The Morgan fingerprint density at radius 3 is 2.69 bits per heavy atom. The van der Waals surface area contributed by atoms with Crippen molar-refractivity contribution in [3.05, 3.63) is 72.2 Å². The second-order valence-electron chi connectivity index (χ2n) is 6.21. The Labute approximate surface area is 151 Å². The summed E-state index contributed by atoms with van der Waals surface area (Å²) in [7, 11) is 0. The van der Waals surface area contributed by atoms with E-state index in [1.807, 2.05) is 62.5 Å². The van der Waals surface area contributed by atoms with Crippen LogP contribution in [0, 0.1) is 13.8 Å². The third-order valence-electron chi connectivity index (χ3n) is 4.18. The number of nitrogens with zero attached hydrogens (tertiary/aromatic N) is 3. The summed E-state index contributed by atoms with van der Waals surface area (Å²) in [6.07, 6.45) is 3.34. The molecule has 6 heteroatoms. The summed E-state index contributed by atoms with van der Waals surface area (Å²) in [6.45, 7) is 4.05. The normalized spacial score (nSPS) is 10.8. The highest BCUT2D eigenvalue weighted by Gasteiger charge is 2.06. The molecule has 3 N–H and O–H groups in total. The van der Waals surface area contributed by atoms with Gasteiger partial charge in [-0.3, -0.25) is 0 Å². The maximum absolute atomic E-state index is 6.01. The minimum atomic E-state index is 0.726. The van der Waals surface area contributed by atoms with Gasteiger partial charge in [-0.2, -0.15) is 5.10 Å². The van der Waals surface area contributed by atoms with E-state index in [0.717, 1.165) is 45.3 Å². The van der Waals surface area contributed by atoms with Crippen LogP contribution in [-0.2, 0) is 0 Å². The van der Waals surface area contributed by atoms with Crippen molar-refractivity contribution in [1.29, 1.82) is 0 Å². The van der Waals surface area contributed by atoms with E-state index in [-0.39, 0.29) is 0 Å². The number of hydrogen-bond donors (Lipinski definition) is 2. The molecule has 2 aromatic carbocycles. The Kier molecular flexibility index (Phi) is 3.93. The lowest BCUT2D eigenvalue weighted by Crippen LogP contribution is -1.96. The van der Waals surface area contributed by atoms with Gasteiger partial charge in [-0.05, 0) is 67.4 Å². The first-order valence-corrected chi connectivity index (χ1v) is 8.29. The van der Waals surface area contributed by atoms with Crippen LogP contribution in [-0.4, -0.2) is 14.6 Å². The minimum Gasteiger partial charge on any atom is -0.457 e. The van der Waals surface area contributed by atoms with Gasteiger partial charge in [0.25, 0.3) is 0 Å². The SMILES string of the molecule is Cc1cc(N)ccc1Nc1ccc(Oc2ccn3ncnc3c2)c(C)c1. The molecule has 0 aliphatic rings. The third kappa shape index (κ3) is 3.17. The number of nitrogens with two attached hydrogens (primary N) is 1. The van der Waals surface area contributed by atoms with Crippen LogP contribution in [0.2, 0.25) is 0 Å². The predicted octanol–water partition coefficient (Wildman–Crippen LogP) is 4.46. The predicted molar refractivity (Wildman–Crippen MR) is 103 cm³/mol. The number of hydrogen-bond acceptors (Lipinski definition) is 5. The second kappa shape index (κ2) is 6.40. The first kappa shape index (κ1) is 16.0. The largest absolute Gasteiger partial charge is 0.457 e. The highest BCUT2D eigenvalue weighted by Crippen LogP contribution is 2.30. The number of nitrogen functional groups attached to an aromatic ring is 1. The van der Waals surface area contributed by atoms with E-state index < -0.39 is 0 Å². The molecule has 0 amide bonds. The van der Waals surface area contributed by atoms with Crippen LogP contribution < -0.4 is 15.8 Å². The molecule has 0 aliphatic heterocycles. The second-order valence-corrected chi connectivity index (χ2v) is 6.21. The summed E-state index contributed by atoms with van der Waals surface area (Å²) in [6, 6.07) is 15.6. The maximum atomic E-state index is 6.01. The molecule has 4 rings (SSSR count). The molecule has 0 aliphatic carbocycles. The van der Waals surface area contributed by atoms with Crippen molar-refractivity contribution in [2.24, 2.45) is 0 Å². The van der Waals surface area contributed by atoms with Crippen molar-refractivity contribution in [2.75, 3.05) is 11.1 Å². The molecule has 6 nitrogen and oxygen atoms in total. The van der Waals surface area contributed by atoms with E-state index in [2.05, 4.69) is 21.5 Å². The van der Waals surface area contributed by atoms with Gasteiger partial charge in [-0.15, -0.1) is 0 Å².